The van der Waals surface area contributed by atoms with Crippen molar-refractivity contribution in [3.63, 3.8) is 0 Å². The van der Waals surface area contributed by atoms with Gasteiger partial charge in [0.05, 0.1) is 0 Å². The summed E-state index contributed by atoms with van der Waals surface area (Å²) in [4.78, 5) is 0. The van der Waals surface area contributed by atoms with Gasteiger partial charge in [-0.15, -0.1) is 0 Å². The fourth-order valence-corrected chi connectivity index (χ4v) is 1.81. The number of phenolic OH excluding ortho intramolecular Hbond substituents is 1. The Bertz CT molecular complexity index is 551. The minimum Gasteiger partial charge on any atom is -0.508 e. The average Bonchev–Trinajstić information content (AvgIpc) is 2.85. The van der Waals surface area contributed by atoms with Crippen LogP contribution in [0.2, 0.25) is 0 Å². The van der Waals surface area contributed by atoms with Gasteiger partial charge >= 0.3 is 0 Å². The second-order valence-electron chi connectivity index (χ2n) is 3.95. The highest BCUT2D eigenvalue weighted by Crippen LogP contribution is 2.44. The fourth-order valence-electron chi connectivity index (χ4n) is 1.81. The summed E-state index contributed by atoms with van der Waals surface area (Å²) in [6.07, 6.45) is 0. The molecule has 0 bridgehead atoms. The molecule has 0 saturated heterocycles. The maximum Gasteiger partial charge on any atom is 0.231 e. The van der Waals surface area contributed by atoms with Gasteiger partial charge in [-0.05, 0) is 5.56 Å². The van der Waals surface area contributed by atoms with Crippen LogP contribution in [0.3, 0.4) is 0 Å². The Kier molecular flexibility index (Phi) is 2.68. The highest BCUT2D eigenvalue weighted by Gasteiger charge is 2.20. The van der Waals surface area contributed by atoms with E-state index in [9.17, 15) is 5.11 Å². The van der Waals surface area contributed by atoms with Crippen molar-refractivity contribution in [3.8, 4) is 23.0 Å². The zero-order valence-electron chi connectivity index (χ0n) is 9.63. The lowest BCUT2D eigenvalue weighted by Crippen LogP contribution is -1.97. The van der Waals surface area contributed by atoms with Crippen LogP contribution in [-0.4, -0.2) is 11.9 Å². The zero-order chi connectivity index (χ0) is 12.4. The molecule has 1 aliphatic heterocycles. The maximum absolute atomic E-state index is 9.56. The molecule has 18 heavy (non-hydrogen) atoms. The third kappa shape index (κ3) is 2.05. The van der Waals surface area contributed by atoms with Crippen molar-refractivity contribution in [2.24, 2.45) is 0 Å². The highest BCUT2D eigenvalue weighted by atomic mass is 16.7. The number of hydrogen-bond donors (Lipinski definition) is 1. The van der Waals surface area contributed by atoms with Gasteiger partial charge in [0.15, 0.2) is 11.5 Å². The van der Waals surface area contributed by atoms with E-state index in [2.05, 4.69) is 0 Å². The lowest BCUT2D eigenvalue weighted by atomic mass is 10.2. The van der Waals surface area contributed by atoms with E-state index in [0.29, 0.717) is 23.9 Å². The summed E-state index contributed by atoms with van der Waals surface area (Å²) in [6.45, 7) is 0.570. The van der Waals surface area contributed by atoms with Gasteiger partial charge in [0.25, 0.3) is 0 Å². The van der Waals surface area contributed by atoms with Crippen molar-refractivity contribution in [2.45, 2.75) is 6.61 Å². The van der Waals surface area contributed by atoms with E-state index in [1.54, 1.807) is 0 Å². The minimum absolute atomic E-state index is 0.0994. The van der Waals surface area contributed by atoms with Gasteiger partial charge in [-0.1, -0.05) is 30.3 Å². The van der Waals surface area contributed by atoms with Crippen LogP contribution < -0.4 is 14.2 Å². The predicted molar refractivity (Wildman–Crippen MR) is 65.0 cm³/mol. The van der Waals surface area contributed by atoms with Gasteiger partial charge in [-0.2, -0.15) is 0 Å². The third-order valence-corrected chi connectivity index (χ3v) is 2.66. The largest absolute Gasteiger partial charge is 0.508 e. The molecule has 2 aromatic rings. The molecule has 0 aromatic heterocycles. The van der Waals surface area contributed by atoms with Crippen molar-refractivity contribution in [2.75, 3.05) is 6.79 Å². The number of phenols is 1. The van der Waals surface area contributed by atoms with Crippen LogP contribution in [0, 0.1) is 0 Å². The number of hydrogen-bond acceptors (Lipinski definition) is 4. The Morgan fingerprint density at radius 1 is 1.11 bits per heavy atom. The first-order valence-corrected chi connectivity index (χ1v) is 5.62. The van der Waals surface area contributed by atoms with Crippen molar-refractivity contribution in [3.05, 3.63) is 48.0 Å². The molecule has 2 aromatic carbocycles. The van der Waals surface area contributed by atoms with Gasteiger partial charge in [0.1, 0.15) is 12.4 Å². The van der Waals surface area contributed by atoms with E-state index in [1.807, 2.05) is 30.3 Å². The first-order chi connectivity index (χ1) is 8.83. The predicted octanol–water partition coefficient (Wildman–Crippen LogP) is 2.70. The standard InChI is InChI=1S/C14H12O4/c15-11-6-12(14-13(7-11)17-9-18-14)16-8-10-4-2-1-3-5-10/h1-7,15H,8-9H2. The van der Waals surface area contributed by atoms with Crippen LogP contribution in [-0.2, 0) is 6.61 Å². The zero-order valence-corrected chi connectivity index (χ0v) is 9.63. The lowest BCUT2D eigenvalue weighted by Gasteiger charge is -2.09. The number of benzene rings is 2. The molecular weight excluding hydrogens is 232 g/mol. The maximum atomic E-state index is 9.56. The number of ether oxygens (including phenoxy) is 3. The summed E-state index contributed by atoms with van der Waals surface area (Å²) in [6, 6.07) is 12.8. The molecule has 92 valence electrons. The number of aromatic hydroxyl groups is 1. The molecule has 1 heterocycles. The van der Waals surface area contributed by atoms with E-state index in [-0.39, 0.29) is 12.5 Å². The van der Waals surface area contributed by atoms with Crippen molar-refractivity contribution in [1.29, 1.82) is 0 Å². The fraction of sp³-hybridized carbons (Fsp3) is 0.143. The summed E-state index contributed by atoms with van der Waals surface area (Å²) in [7, 11) is 0. The van der Waals surface area contributed by atoms with Crippen LogP contribution in [0.5, 0.6) is 23.0 Å². The van der Waals surface area contributed by atoms with Gasteiger partial charge in [0, 0.05) is 12.1 Å². The molecular formula is C14H12O4. The van der Waals surface area contributed by atoms with Gasteiger partial charge in [0.2, 0.25) is 12.5 Å². The molecule has 3 rings (SSSR count). The van der Waals surface area contributed by atoms with E-state index in [1.165, 1.54) is 12.1 Å². The van der Waals surface area contributed by atoms with Crippen LogP contribution in [0.15, 0.2) is 42.5 Å². The van der Waals surface area contributed by atoms with Crippen LogP contribution in [0.1, 0.15) is 5.56 Å². The second-order valence-corrected chi connectivity index (χ2v) is 3.95. The van der Waals surface area contributed by atoms with Crippen LogP contribution >= 0.6 is 0 Å². The van der Waals surface area contributed by atoms with Gasteiger partial charge in [-0.25, -0.2) is 0 Å². The summed E-state index contributed by atoms with van der Waals surface area (Å²) >= 11 is 0. The van der Waals surface area contributed by atoms with E-state index in [4.69, 9.17) is 14.2 Å². The average molecular weight is 244 g/mol. The first kappa shape index (κ1) is 10.8. The highest BCUT2D eigenvalue weighted by molar-refractivity contribution is 5.56. The van der Waals surface area contributed by atoms with E-state index < -0.39 is 0 Å². The molecule has 0 spiro atoms. The topological polar surface area (TPSA) is 47.9 Å². The van der Waals surface area contributed by atoms with Gasteiger partial charge < -0.3 is 19.3 Å². The molecule has 1 N–H and O–H groups in total. The van der Waals surface area contributed by atoms with Crippen molar-refractivity contribution < 1.29 is 19.3 Å². The van der Waals surface area contributed by atoms with Crippen molar-refractivity contribution in [1.82, 2.24) is 0 Å². The Morgan fingerprint density at radius 3 is 2.78 bits per heavy atom. The monoisotopic (exact) mass is 244 g/mol. The molecule has 0 amide bonds. The molecule has 0 atom stereocenters. The SMILES string of the molecule is Oc1cc2c(c(OCc3ccccc3)c1)OCO2. The molecule has 0 unspecified atom stereocenters. The smallest absolute Gasteiger partial charge is 0.231 e. The number of rotatable bonds is 3. The molecule has 4 nitrogen and oxygen atoms in total. The van der Waals surface area contributed by atoms with E-state index >= 15 is 0 Å². The molecule has 0 radical (unpaired) electrons. The molecule has 0 fully saturated rings. The third-order valence-electron chi connectivity index (χ3n) is 2.66. The summed E-state index contributed by atoms with van der Waals surface area (Å²) < 4.78 is 16.2. The van der Waals surface area contributed by atoms with E-state index in [0.717, 1.165) is 5.56 Å². The minimum atomic E-state index is 0.0994. The Hall–Kier alpha value is -2.36. The van der Waals surface area contributed by atoms with Crippen LogP contribution in [0.25, 0.3) is 0 Å². The first-order valence-electron chi connectivity index (χ1n) is 5.62. The Labute approximate surface area is 104 Å². The van der Waals surface area contributed by atoms with Crippen LogP contribution in [0.4, 0.5) is 0 Å². The Balaban J connectivity index is 1.81. The summed E-state index contributed by atoms with van der Waals surface area (Å²) in [5, 5.41) is 9.56. The summed E-state index contributed by atoms with van der Waals surface area (Å²) in [5.74, 6) is 1.65. The van der Waals surface area contributed by atoms with Crippen molar-refractivity contribution >= 4 is 0 Å². The molecule has 4 heteroatoms. The molecule has 0 saturated carbocycles. The van der Waals surface area contributed by atoms with Gasteiger partial charge in [-0.3, -0.25) is 0 Å². The molecule has 0 aliphatic carbocycles. The lowest BCUT2D eigenvalue weighted by molar-refractivity contribution is 0.169. The normalized spacial score (nSPS) is 12.4. The summed E-state index contributed by atoms with van der Waals surface area (Å²) in [5.41, 5.74) is 1.05. The number of fused-ring (bicyclic) bond motifs is 1. The molecule has 1 aliphatic rings. The second kappa shape index (κ2) is 4.49. The quantitative estimate of drug-likeness (QED) is 0.901. The Morgan fingerprint density at radius 2 is 1.94 bits per heavy atom.